The van der Waals surface area contributed by atoms with Crippen molar-refractivity contribution in [2.45, 2.75) is 13.8 Å². The number of nitrogens with one attached hydrogen (secondary N) is 2. The molecule has 324 valence electrons. The standard InChI is InChI=1S/C52H38N6O8/c1-3-65-41-25-11-9-21-37(41)53-51(63)35-27-29-15-5-7-17-31(29)45(49(35)61)57-55-39-23-13-19-33-43(39)47(59)34-20-14-24-40(44(34)48(33)60)56-58-46-32-18-8-6-16-30(32)28-36(50(46)62)52(64)54-38-22-10-12-26-42(38)66-4-2/h5-28,61-62H,3-4H2,1-2H3,(H,53,63)(H,54,64). The molecule has 0 spiro atoms. The molecule has 0 radical (unpaired) electrons. The second-order valence-electron chi connectivity index (χ2n) is 14.9. The molecule has 1 aliphatic rings. The summed E-state index contributed by atoms with van der Waals surface area (Å²) in [7, 11) is 0. The zero-order valence-electron chi connectivity index (χ0n) is 35.4. The highest BCUT2D eigenvalue weighted by atomic mass is 16.5. The van der Waals surface area contributed by atoms with Crippen molar-refractivity contribution in [1.82, 2.24) is 0 Å². The minimum Gasteiger partial charge on any atom is -0.505 e. The van der Waals surface area contributed by atoms with Crippen LogP contribution >= 0.6 is 0 Å². The molecule has 8 aromatic carbocycles. The van der Waals surface area contributed by atoms with Gasteiger partial charge in [-0.25, -0.2) is 0 Å². The molecule has 2 amide bonds. The van der Waals surface area contributed by atoms with Gasteiger partial charge in [-0.15, -0.1) is 20.5 Å². The lowest BCUT2D eigenvalue weighted by atomic mass is 9.82. The van der Waals surface area contributed by atoms with E-state index >= 15 is 0 Å². The Balaban J connectivity index is 1.05. The Morgan fingerprint density at radius 1 is 0.500 bits per heavy atom. The van der Waals surface area contributed by atoms with E-state index in [0.29, 0.717) is 57.6 Å². The van der Waals surface area contributed by atoms with Crippen molar-refractivity contribution in [3.8, 4) is 23.0 Å². The zero-order chi connectivity index (χ0) is 45.9. The smallest absolute Gasteiger partial charge is 0.259 e. The number of carbonyl (C=O) groups is 4. The van der Waals surface area contributed by atoms with E-state index in [1.807, 2.05) is 13.8 Å². The number of hydrogen-bond acceptors (Lipinski definition) is 12. The van der Waals surface area contributed by atoms with E-state index in [9.17, 15) is 29.4 Å². The Bertz CT molecular complexity index is 3140. The van der Waals surface area contributed by atoms with Gasteiger partial charge >= 0.3 is 0 Å². The highest BCUT2D eigenvalue weighted by Gasteiger charge is 2.34. The second kappa shape index (κ2) is 18.0. The second-order valence-corrected chi connectivity index (χ2v) is 14.9. The monoisotopic (exact) mass is 874 g/mol. The van der Waals surface area contributed by atoms with Crippen molar-refractivity contribution in [3.05, 3.63) is 179 Å². The van der Waals surface area contributed by atoms with Crippen LogP contribution in [0.25, 0.3) is 21.5 Å². The van der Waals surface area contributed by atoms with Crippen LogP contribution < -0.4 is 20.1 Å². The SMILES string of the molecule is CCOc1ccccc1NC(=O)c1cc2ccccc2c(N=Nc2cccc3c2C(=O)c2cccc(N=Nc4c(O)c(C(=O)Nc5ccccc5OCC)cc5ccccc45)c2C3=O)c1O. The molecule has 0 saturated carbocycles. The minimum atomic E-state index is -0.620. The van der Waals surface area contributed by atoms with Gasteiger partial charge in [-0.05, 0) is 73.2 Å². The van der Waals surface area contributed by atoms with E-state index < -0.39 is 34.9 Å². The summed E-state index contributed by atoms with van der Waals surface area (Å²) in [5.74, 6) is -2.31. The molecule has 9 rings (SSSR count). The van der Waals surface area contributed by atoms with Gasteiger partial charge in [-0.1, -0.05) is 97.1 Å². The first-order valence-electron chi connectivity index (χ1n) is 20.9. The first-order chi connectivity index (χ1) is 32.2. The van der Waals surface area contributed by atoms with Gasteiger partial charge in [0.15, 0.2) is 23.1 Å². The third-order valence-corrected chi connectivity index (χ3v) is 10.9. The molecular formula is C52H38N6O8. The molecule has 0 saturated heterocycles. The highest BCUT2D eigenvalue weighted by molar-refractivity contribution is 6.31. The third kappa shape index (κ3) is 7.83. The first kappa shape index (κ1) is 42.3. The quantitative estimate of drug-likeness (QED) is 0.0868. The number of ether oxygens (including phenoxy) is 2. The number of phenols is 2. The van der Waals surface area contributed by atoms with Crippen LogP contribution in [0.5, 0.6) is 23.0 Å². The molecule has 0 bridgehead atoms. The molecule has 0 aromatic heterocycles. The maximum absolute atomic E-state index is 14.4. The molecule has 14 heteroatoms. The van der Waals surface area contributed by atoms with Crippen molar-refractivity contribution in [3.63, 3.8) is 0 Å². The van der Waals surface area contributed by atoms with Crippen molar-refractivity contribution in [2.75, 3.05) is 23.8 Å². The molecule has 0 fully saturated rings. The molecule has 0 atom stereocenters. The van der Waals surface area contributed by atoms with Crippen LogP contribution in [0.4, 0.5) is 34.1 Å². The van der Waals surface area contributed by atoms with E-state index in [1.165, 1.54) is 24.3 Å². The van der Waals surface area contributed by atoms with Crippen molar-refractivity contribution in [2.24, 2.45) is 20.5 Å². The topological polar surface area (TPSA) is 201 Å². The minimum absolute atomic E-state index is 0.0219. The van der Waals surface area contributed by atoms with Crippen molar-refractivity contribution < 1.29 is 38.9 Å². The molecule has 0 aliphatic heterocycles. The predicted octanol–water partition coefficient (Wildman–Crippen LogP) is 12.3. The number of anilines is 2. The Morgan fingerprint density at radius 3 is 1.32 bits per heavy atom. The number of rotatable bonds is 12. The lowest BCUT2D eigenvalue weighted by molar-refractivity contribution is 0.0980. The van der Waals surface area contributed by atoms with Gasteiger partial charge in [0, 0.05) is 21.9 Å². The normalized spacial score (nSPS) is 12.1. The van der Waals surface area contributed by atoms with Crippen molar-refractivity contribution >= 4 is 79.1 Å². The van der Waals surface area contributed by atoms with Crippen LogP contribution in [0.3, 0.4) is 0 Å². The molecule has 1 aliphatic carbocycles. The number of ketones is 2. The van der Waals surface area contributed by atoms with Gasteiger partial charge in [0.05, 0.1) is 58.2 Å². The van der Waals surface area contributed by atoms with Gasteiger partial charge in [0.2, 0.25) is 0 Å². The number of para-hydroxylation sites is 4. The number of aromatic hydroxyl groups is 2. The van der Waals surface area contributed by atoms with Crippen molar-refractivity contribution in [1.29, 1.82) is 0 Å². The third-order valence-electron chi connectivity index (χ3n) is 10.9. The summed E-state index contributed by atoms with van der Waals surface area (Å²) in [4.78, 5) is 56.2. The summed E-state index contributed by atoms with van der Waals surface area (Å²) in [6.07, 6.45) is 0. The Kier molecular flexibility index (Phi) is 11.5. The summed E-state index contributed by atoms with van der Waals surface area (Å²) in [6, 6.07) is 40.1. The van der Waals surface area contributed by atoms with E-state index in [-0.39, 0.29) is 56.1 Å². The fraction of sp³-hybridized carbons (Fsp3) is 0.0769. The van der Waals surface area contributed by atoms with E-state index in [2.05, 4.69) is 31.1 Å². The Hall–Kier alpha value is -9.04. The number of hydrogen-bond donors (Lipinski definition) is 4. The lowest BCUT2D eigenvalue weighted by Crippen LogP contribution is -2.21. The molecule has 0 unspecified atom stereocenters. The van der Waals surface area contributed by atoms with E-state index in [4.69, 9.17) is 9.47 Å². The number of carbonyl (C=O) groups excluding carboxylic acids is 4. The average molecular weight is 875 g/mol. The number of amides is 2. The number of phenolic OH excluding ortho intramolecular Hbond substituents is 2. The van der Waals surface area contributed by atoms with Crippen LogP contribution in [0.15, 0.2) is 166 Å². The van der Waals surface area contributed by atoms with Crippen LogP contribution in [0.2, 0.25) is 0 Å². The maximum Gasteiger partial charge on any atom is 0.259 e. The molecular weight excluding hydrogens is 837 g/mol. The fourth-order valence-corrected chi connectivity index (χ4v) is 7.85. The Morgan fingerprint density at radius 2 is 0.894 bits per heavy atom. The van der Waals surface area contributed by atoms with E-state index in [0.717, 1.165) is 0 Å². The molecule has 66 heavy (non-hydrogen) atoms. The average Bonchev–Trinajstić information content (AvgIpc) is 3.33. The Labute approximate surface area is 376 Å². The van der Waals surface area contributed by atoms with Crippen LogP contribution in [-0.2, 0) is 0 Å². The largest absolute Gasteiger partial charge is 0.505 e. The zero-order valence-corrected chi connectivity index (χ0v) is 35.4. The summed E-state index contributed by atoms with van der Waals surface area (Å²) in [5, 5.41) is 48.6. The van der Waals surface area contributed by atoms with Crippen LogP contribution in [-0.4, -0.2) is 46.8 Å². The summed E-state index contributed by atoms with van der Waals surface area (Å²) < 4.78 is 11.3. The summed E-state index contributed by atoms with van der Waals surface area (Å²) in [6.45, 7) is 4.41. The van der Waals surface area contributed by atoms with Crippen LogP contribution in [0, 0.1) is 0 Å². The van der Waals surface area contributed by atoms with Crippen LogP contribution in [0.1, 0.15) is 66.4 Å². The number of benzene rings is 8. The molecule has 4 N–H and O–H groups in total. The molecule has 8 aromatic rings. The highest BCUT2D eigenvalue weighted by Crippen LogP contribution is 2.44. The number of nitrogens with zero attached hydrogens (tertiary/aromatic N) is 4. The molecule has 0 heterocycles. The lowest BCUT2D eigenvalue weighted by Gasteiger charge is -2.19. The van der Waals surface area contributed by atoms with E-state index in [1.54, 1.807) is 121 Å². The summed E-state index contributed by atoms with van der Waals surface area (Å²) in [5.41, 5.74) is 0.705. The maximum atomic E-state index is 14.4. The van der Waals surface area contributed by atoms with Gasteiger partial charge in [0.1, 0.15) is 22.9 Å². The van der Waals surface area contributed by atoms with Gasteiger partial charge < -0.3 is 30.3 Å². The number of fused-ring (bicyclic) bond motifs is 4. The number of azo groups is 2. The fourth-order valence-electron chi connectivity index (χ4n) is 7.85. The molecule has 14 nitrogen and oxygen atoms in total. The predicted molar refractivity (Wildman–Crippen MR) is 250 cm³/mol. The summed E-state index contributed by atoms with van der Waals surface area (Å²) >= 11 is 0. The van der Waals surface area contributed by atoms with Gasteiger partial charge in [-0.2, -0.15) is 0 Å². The van der Waals surface area contributed by atoms with Gasteiger partial charge in [0.25, 0.3) is 11.8 Å². The first-order valence-corrected chi connectivity index (χ1v) is 20.9. The van der Waals surface area contributed by atoms with Gasteiger partial charge in [-0.3, -0.25) is 19.2 Å².